The van der Waals surface area contributed by atoms with E-state index in [9.17, 15) is 18.4 Å². The van der Waals surface area contributed by atoms with E-state index >= 15 is 0 Å². The number of benzene rings is 2. The Morgan fingerprint density at radius 3 is 2.25 bits per heavy atom. The van der Waals surface area contributed by atoms with E-state index in [1.54, 1.807) is 24.3 Å². The highest BCUT2D eigenvalue weighted by Crippen LogP contribution is 2.20. The molecule has 2 N–H and O–H groups in total. The minimum atomic E-state index is -0.896. The van der Waals surface area contributed by atoms with Crippen molar-refractivity contribution in [2.75, 3.05) is 17.7 Å². The largest absolute Gasteiger partial charge is 0.465 e. The van der Waals surface area contributed by atoms with Gasteiger partial charge in [-0.15, -0.1) is 0 Å². The molecule has 0 aliphatic heterocycles. The molecular formula is C19H14F2N4O3. The SMILES string of the molecule is COC(=O)c1ccccc1Nc1ncc(C(=O)Nc2c(F)cccc2F)cn1. The molecule has 1 heterocycles. The van der Waals surface area contributed by atoms with Crippen LogP contribution in [0.2, 0.25) is 0 Å². The van der Waals surface area contributed by atoms with Crippen molar-refractivity contribution in [3.63, 3.8) is 0 Å². The van der Waals surface area contributed by atoms with E-state index in [1.807, 2.05) is 0 Å². The molecular weight excluding hydrogens is 370 g/mol. The summed E-state index contributed by atoms with van der Waals surface area (Å²) in [6.45, 7) is 0. The van der Waals surface area contributed by atoms with Gasteiger partial charge in [-0.2, -0.15) is 0 Å². The summed E-state index contributed by atoms with van der Waals surface area (Å²) in [6.07, 6.45) is 2.37. The van der Waals surface area contributed by atoms with Crippen LogP contribution in [0.25, 0.3) is 0 Å². The third-order valence-corrected chi connectivity index (χ3v) is 3.69. The van der Waals surface area contributed by atoms with E-state index in [2.05, 4.69) is 20.6 Å². The minimum Gasteiger partial charge on any atom is -0.465 e. The maximum absolute atomic E-state index is 13.6. The maximum atomic E-state index is 13.6. The number of esters is 1. The van der Waals surface area contributed by atoms with E-state index in [0.29, 0.717) is 5.69 Å². The van der Waals surface area contributed by atoms with E-state index in [-0.39, 0.29) is 17.1 Å². The predicted molar refractivity (Wildman–Crippen MR) is 97.4 cm³/mol. The van der Waals surface area contributed by atoms with Gasteiger partial charge in [-0.25, -0.2) is 23.5 Å². The zero-order valence-corrected chi connectivity index (χ0v) is 14.6. The van der Waals surface area contributed by atoms with Gasteiger partial charge in [0.05, 0.1) is 23.9 Å². The van der Waals surface area contributed by atoms with Crippen LogP contribution in [-0.4, -0.2) is 29.0 Å². The zero-order chi connectivity index (χ0) is 20.1. The van der Waals surface area contributed by atoms with Gasteiger partial charge in [0.25, 0.3) is 5.91 Å². The number of aromatic nitrogens is 2. The molecule has 7 nitrogen and oxygen atoms in total. The summed E-state index contributed by atoms with van der Waals surface area (Å²) in [5.74, 6) is -2.99. The third kappa shape index (κ3) is 4.09. The number of para-hydroxylation sites is 2. The second kappa shape index (κ2) is 8.21. The first-order valence-electron chi connectivity index (χ1n) is 8.01. The minimum absolute atomic E-state index is 0.00513. The first-order chi connectivity index (χ1) is 13.5. The number of nitrogens with one attached hydrogen (secondary N) is 2. The average molecular weight is 384 g/mol. The van der Waals surface area contributed by atoms with E-state index < -0.39 is 29.2 Å². The highest BCUT2D eigenvalue weighted by Gasteiger charge is 2.15. The first-order valence-corrected chi connectivity index (χ1v) is 8.01. The Bertz CT molecular complexity index is 1010. The van der Waals surface area contributed by atoms with Crippen LogP contribution >= 0.6 is 0 Å². The van der Waals surface area contributed by atoms with Crippen LogP contribution in [0.15, 0.2) is 54.9 Å². The predicted octanol–water partition coefficient (Wildman–Crippen LogP) is 3.54. The van der Waals surface area contributed by atoms with Crippen LogP contribution in [0.5, 0.6) is 0 Å². The number of hydrogen-bond acceptors (Lipinski definition) is 6. The van der Waals surface area contributed by atoms with Gasteiger partial charge in [-0.05, 0) is 24.3 Å². The van der Waals surface area contributed by atoms with Gasteiger partial charge in [0.2, 0.25) is 5.95 Å². The molecule has 0 bridgehead atoms. The van der Waals surface area contributed by atoms with Crippen molar-refractivity contribution in [1.82, 2.24) is 9.97 Å². The second-order valence-corrected chi connectivity index (χ2v) is 5.51. The molecule has 0 unspecified atom stereocenters. The van der Waals surface area contributed by atoms with Crippen LogP contribution in [0.1, 0.15) is 20.7 Å². The molecule has 0 fully saturated rings. The molecule has 142 valence electrons. The number of rotatable bonds is 5. The lowest BCUT2D eigenvalue weighted by molar-refractivity contribution is 0.0601. The number of hydrogen-bond donors (Lipinski definition) is 2. The van der Waals surface area contributed by atoms with Crippen LogP contribution in [0, 0.1) is 11.6 Å². The van der Waals surface area contributed by atoms with Gasteiger partial charge in [0.1, 0.15) is 17.3 Å². The molecule has 3 aromatic rings. The average Bonchev–Trinajstić information content (AvgIpc) is 2.71. The molecule has 1 aromatic heterocycles. The Kier molecular flexibility index (Phi) is 5.54. The van der Waals surface area contributed by atoms with Crippen LogP contribution in [-0.2, 0) is 4.74 Å². The number of amides is 1. The van der Waals surface area contributed by atoms with Crippen LogP contribution < -0.4 is 10.6 Å². The van der Waals surface area contributed by atoms with Gasteiger partial charge in [0, 0.05) is 12.4 Å². The van der Waals surface area contributed by atoms with Crippen molar-refractivity contribution >= 4 is 29.2 Å². The van der Waals surface area contributed by atoms with Gasteiger partial charge < -0.3 is 15.4 Å². The standard InChI is InChI=1S/C19H14F2N4O3/c1-28-18(27)12-5-2-3-8-15(12)24-19-22-9-11(10-23-19)17(26)25-16-13(20)6-4-7-14(16)21/h2-10H,1H3,(H,25,26)(H,22,23,24). The quantitative estimate of drug-likeness (QED) is 0.654. The lowest BCUT2D eigenvalue weighted by Gasteiger charge is -2.10. The molecule has 0 saturated carbocycles. The lowest BCUT2D eigenvalue weighted by atomic mass is 10.2. The lowest BCUT2D eigenvalue weighted by Crippen LogP contribution is -2.15. The van der Waals surface area contributed by atoms with Gasteiger partial charge in [-0.3, -0.25) is 4.79 Å². The number of carbonyl (C=O) groups is 2. The molecule has 2 aromatic carbocycles. The Balaban J connectivity index is 1.76. The number of carbonyl (C=O) groups excluding carboxylic acids is 2. The van der Waals surface area contributed by atoms with E-state index in [0.717, 1.165) is 12.1 Å². The monoisotopic (exact) mass is 384 g/mol. The van der Waals surface area contributed by atoms with E-state index in [4.69, 9.17) is 4.74 Å². The third-order valence-electron chi connectivity index (χ3n) is 3.69. The summed E-state index contributed by atoms with van der Waals surface area (Å²) in [5, 5.41) is 4.99. The number of nitrogens with zero attached hydrogens (tertiary/aromatic N) is 2. The molecule has 3 rings (SSSR count). The number of anilines is 3. The smallest absolute Gasteiger partial charge is 0.339 e. The highest BCUT2D eigenvalue weighted by atomic mass is 19.1. The summed E-state index contributed by atoms with van der Waals surface area (Å²) < 4.78 is 32.0. The normalized spacial score (nSPS) is 10.2. The van der Waals surface area contributed by atoms with Crippen molar-refractivity contribution < 1.29 is 23.1 Å². The zero-order valence-electron chi connectivity index (χ0n) is 14.6. The molecule has 0 saturated heterocycles. The Hall–Kier alpha value is -3.88. The fourth-order valence-corrected chi connectivity index (χ4v) is 2.31. The summed E-state index contributed by atoms with van der Waals surface area (Å²) >= 11 is 0. The van der Waals surface area contributed by atoms with Gasteiger partial charge in [-0.1, -0.05) is 18.2 Å². The van der Waals surface area contributed by atoms with Crippen LogP contribution in [0.3, 0.4) is 0 Å². The molecule has 0 atom stereocenters. The Morgan fingerprint density at radius 2 is 1.61 bits per heavy atom. The maximum Gasteiger partial charge on any atom is 0.339 e. The van der Waals surface area contributed by atoms with Crippen molar-refractivity contribution in [3.05, 3.63) is 77.6 Å². The Labute approximate surface area is 158 Å². The van der Waals surface area contributed by atoms with Crippen molar-refractivity contribution in [3.8, 4) is 0 Å². The number of halogens is 2. The van der Waals surface area contributed by atoms with Gasteiger partial charge in [0.15, 0.2) is 0 Å². The molecule has 9 heteroatoms. The summed E-state index contributed by atoms with van der Waals surface area (Å²) in [5.41, 5.74) is 0.140. The van der Waals surface area contributed by atoms with Crippen molar-refractivity contribution in [2.24, 2.45) is 0 Å². The molecule has 0 aliphatic carbocycles. The molecule has 28 heavy (non-hydrogen) atoms. The summed E-state index contributed by atoms with van der Waals surface area (Å²) in [4.78, 5) is 31.9. The van der Waals surface area contributed by atoms with Crippen LogP contribution in [0.4, 0.5) is 26.1 Å². The van der Waals surface area contributed by atoms with Crippen molar-refractivity contribution in [1.29, 1.82) is 0 Å². The van der Waals surface area contributed by atoms with E-state index in [1.165, 1.54) is 25.6 Å². The summed E-state index contributed by atoms with van der Waals surface area (Å²) in [7, 11) is 1.27. The molecule has 1 amide bonds. The first kappa shape index (κ1) is 18.9. The van der Waals surface area contributed by atoms with Crippen molar-refractivity contribution in [2.45, 2.75) is 0 Å². The second-order valence-electron chi connectivity index (χ2n) is 5.51. The van der Waals surface area contributed by atoms with Gasteiger partial charge >= 0.3 is 5.97 Å². The topological polar surface area (TPSA) is 93.2 Å². The fraction of sp³-hybridized carbons (Fsp3) is 0.0526. The summed E-state index contributed by atoms with van der Waals surface area (Å²) in [6, 6.07) is 9.83. The highest BCUT2D eigenvalue weighted by molar-refractivity contribution is 6.04. The number of ether oxygens (including phenoxy) is 1. The molecule has 0 radical (unpaired) electrons. The number of methoxy groups -OCH3 is 1. The fourth-order valence-electron chi connectivity index (χ4n) is 2.31. The molecule has 0 aliphatic rings. The molecule has 0 spiro atoms. The Morgan fingerprint density at radius 1 is 0.964 bits per heavy atom.